The van der Waals surface area contributed by atoms with Gasteiger partial charge in [-0.3, -0.25) is 4.79 Å². The van der Waals surface area contributed by atoms with Gasteiger partial charge < -0.3 is 4.74 Å². The molecule has 16 heavy (non-hydrogen) atoms. The number of carbonyl (C=O) groups excluding carboxylic acids is 1. The van der Waals surface area contributed by atoms with Gasteiger partial charge in [0.25, 0.3) is 0 Å². The van der Waals surface area contributed by atoms with Crippen molar-refractivity contribution < 1.29 is 9.53 Å². The van der Waals surface area contributed by atoms with Crippen molar-refractivity contribution in [2.24, 2.45) is 5.41 Å². The lowest BCUT2D eigenvalue weighted by molar-refractivity contribution is -0.125. The minimum absolute atomic E-state index is 0.174. The minimum atomic E-state index is -0.340. The number of halogens is 1. The quantitative estimate of drug-likeness (QED) is 0.808. The molecule has 0 atom stereocenters. The van der Waals surface area contributed by atoms with Crippen LogP contribution in [0.4, 0.5) is 0 Å². The van der Waals surface area contributed by atoms with E-state index in [4.69, 9.17) is 16.3 Å². The Morgan fingerprint density at radius 3 is 2.50 bits per heavy atom. The first-order valence-corrected chi connectivity index (χ1v) is 5.58. The van der Waals surface area contributed by atoms with E-state index in [0.29, 0.717) is 17.2 Å². The van der Waals surface area contributed by atoms with Crippen molar-refractivity contribution in [2.75, 3.05) is 7.11 Å². The number of methoxy groups -OCH3 is 1. The van der Waals surface area contributed by atoms with E-state index in [-0.39, 0.29) is 11.2 Å². The van der Waals surface area contributed by atoms with Crippen LogP contribution in [0, 0.1) is 5.41 Å². The van der Waals surface area contributed by atoms with Crippen molar-refractivity contribution in [1.29, 1.82) is 0 Å². The normalized spacial score (nSPS) is 11.3. The number of Topliss-reactive ketones (excluding diaryl/α,β-unsaturated/α-hetero) is 1. The molecule has 0 saturated carbocycles. The highest BCUT2D eigenvalue weighted by Crippen LogP contribution is 2.26. The van der Waals surface area contributed by atoms with Gasteiger partial charge in [-0.1, -0.05) is 32.4 Å². The molecule has 0 N–H and O–H groups in total. The van der Waals surface area contributed by atoms with Gasteiger partial charge in [-0.2, -0.15) is 0 Å². The molecule has 0 aliphatic rings. The SMILES string of the molecule is COc1ccc(Cl)cc1CC(=O)C(C)(C)C. The molecule has 0 aliphatic carbocycles. The number of hydrogen-bond acceptors (Lipinski definition) is 2. The molecule has 0 radical (unpaired) electrons. The van der Waals surface area contributed by atoms with Gasteiger partial charge in [0.15, 0.2) is 0 Å². The highest BCUT2D eigenvalue weighted by atomic mass is 35.5. The van der Waals surface area contributed by atoms with Gasteiger partial charge in [0, 0.05) is 22.4 Å². The Labute approximate surface area is 102 Å². The third-order valence-electron chi connectivity index (χ3n) is 2.43. The minimum Gasteiger partial charge on any atom is -0.496 e. The third kappa shape index (κ3) is 3.24. The van der Waals surface area contributed by atoms with Gasteiger partial charge >= 0.3 is 0 Å². The molecule has 0 spiro atoms. The standard InChI is InChI=1S/C13H17ClO2/c1-13(2,3)12(15)8-9-7-10(14)5-6-11(9)16-4/h5-7H,8H2,1-4H3. The lowest BCUT2D eigenvalue weighted by Gasteiger charge is -2.17. The second-order valence-electron chi connectivity index (χ2n) is 4.81. The molecule has 0 saturated heterocycles. The first-order valence-electron chi connectivity index (χ1n) is 5.20. The Morgan fingerprint density at radius 1 is 1.38 bits per heavy atom. The molecule has 2 nitrogen and oxygen atoms in total. The zero-order valence-corrected chi connectivity index (χ0v) is 10.9. The van der Waals surface area contributed by atoms with Crippen LogP contribution in [-0.4, -0.2) is 12.9 Å². The Hall–Kier alpha value is -1.02. The van der Waals surface area contributed by atoms with E-state index in [2.05, 4.69) is 0 Å². The molecule has 1 rings (SSSR count). The van der Waals surface area contributed by atoms with Crippen LogP contribution in [0.25, 0.3) is 0 Å². The maximum atomic E-state index is 11.9. The van der Waals surface area contributed by atoms with Crippen molar-refractivity contribution in [3.8, 4) is 5.75 Å². The first kappa shape index (κ1) is 13.0. The van der Waals surface area contributed by atoms with Crippen LogP contribution in [0.15, 0.2) is 18.2 Å². The number of rotatable bonds is 3. The van der Waals surface area contributed by atoms with Crippen molar-refractivity contribution in [3.63, 3.8) is 0 Å². The van der Waals surface area contributed by atoms with Gasteiger partial charge in [-0.05, 0) is 18.2 Å². The molecule has 1 aromatic carbocycles. The molecule has 0 heterocycles. The van der Waals surface area contributed by atoms with E-state index in [0.717, 1.165) is 5.56 Å². The van der Waals surface area contributed by atoms with Crippen molar-refractivity contribution in [2.45, 2.75) is 27.2 Å². The average Bonchev–Trinajstić information content (AvgIpc) is 2.16. The lowest BCUT2D eigenvalue weighted by Crippen LogP contribution is -2.22. The van der Waals surface area contributed by atoms with Crippen LogP contribution < -0.4 is 4.74 Å². The Bertz CT molecular complexity index is 391. The molecule has 1 aromatic rings. The molecule has 88 valence electrons. The van der Waals surface area contributed by atoms with Crippen LogP contribution in [0.5, 0.6) is 5.75 Å². The number of ketones is 1. The summed E-state index contributed by atoms with van der Waals surface area (Å²) in [6, 6.07) is 5.32. The summed E-state index contributed by atoms with van der Waals surface area (Å²) >= 11 is 5.90. The van der Waals surface area contributed by atoms with Crippen LogP contribution in [-0.2, 0) is 11.2 Å². The van der Waals surface area contributed by atoms with E-state index >= 15 is 0 Å². The van der Waals surface area contributed by atoms with Gasteiger partial charge in [0.1, 0.15) is 11.5 Å². The third-order valence-corrected chi connectivity index (χ3v) is 2.67. The fourth-order valence-corrected chi connectivity index (χ4v) is 1.52. The van der Waals surface area contributed by atoms with E-state index in [1.54, 1.807) is 25.3 Å². The zero-order chi connectivity index (χ0) is 12.3. The van der Waals surface area contributed by atoms with Gasteiger partial charge in [0.05, 0.1) is 7.11 Å². The van der Waals surface area contributed by atoms with Crippen LogP contribution in [0.2, 0.25) is 5.02 Å². The molecule has 0 fully saturated rings. The summed E-state index contributed by atoms with van der Waals surface area (Å²) in [6.45, 7) is 5.73. The number of benzene rings is 1. The topological polar surface area (TPSA) is 26.3 Å². The van der Waals surface area contributed by atoms with Crippen LogP contribution in [0.1, 0.15) is 26.3 Å². The second kappa shape index (κ2) is 4.88. The summed E-state index contributed by atoms with van der Waals surface area (Å²) in [5.41, 5.74) is 0.503. The van der Waals surface area contributed by atoms with E-state index in [9.17, 15) is 4.79 Å². The molecule has 0 aliphatic heterocycles. The number of hydrogen-bond donors (Lipinski definition) is 0. The van der Waals surface area contributed by atoms with E-state index in [1.165, 1.54) is 0 Å². The molecular weight excluding hydrogens is 224 g/mol. The predicted molar refractivity (Wildman–Crippen MR) is 66.2 cm³/mol. The van der Waals surface area contributed by atoms with Gasteiger partial charge in [-0.15, -0.1) is 0 Å². The summed E-state index contributed by atoms with van der Waals surface area (Å²) in [4.78, 5) is 11.9. The fraction of sp³-hybridized carbons (Fsp3) is 0.462. The Morgan fingerprint density at radius 2 is 2.00 bits per heavy atom. The van der Waals surface area contributed by atoms with Crippen molar-refractivity contribution >= 4 is 17.4 Å². The van der Waals surface area contributed by atoms with Gasteiger partial charge in [-0.25, -0.2) is 0 Å². The van der Waals surface area contributed by atoms with E-state index < -0.39 is 0 Å². The highest BCUT2D eigenvalue weighted by Gasteiger charge is 2.22. The summed E-state index contributed by atoms with van der Waals surface area (Å²) in [5, 5.41) is 0.623. The summed E-state index contributed by atoms with van der Waals surface area (Å²) in [5.74, 6) is 0.884. The smallest absolute Gasteiger partial charge is 0.142 e. The average molecular weight is 241 g/mol. The second-order valence-corrected chi connectivity index (χ2v) is 5.24. The van der Waals surface area contributed by atoms with Crippen LogP contribution >= 0.6 is 11.6 Å². The summed E-state index contributed by atoms with van der Waals surface area (Å²) in [6.07, 6.45) is 0.354. The molecule has 0 bridgehead atoms. The fourth-order valence-electron chi connectivity index (χ4n) is 1.32. The largest absolute Gasteiger partial charge is 0.496 e. The Kier molecular flexibility index (Phi) is 3.98. The molecule has 0 amide bonds. The van der Waals surface area contributed by atoms with Crippen LogP contribution in [0.3, 0.4) is 0 Å². The molecule has 3 heteroatoms. The van der Waals surface area contributed by atoms with Crippen molar-refractivity contribution in [3.05, 3.63) is 28.8 Å². The monoisotopic (exact) mass is 240 g/mol. The predicted octanol–water partition coefficient (Wildman–Crippen LogP) is 3.51. The number of ether oxygens (including phenoxy) is 1. The summed E-state index contributed by atoms with van der Waals surface area (Å²) < 4.78 is 5.20. The Balaban J connectivity index is 2.96. The maximum absolute atomic E-state index is 11.9. The van der Waals surface area contributed by atoms with E-state index in [1.807, 2.05) is 20.8 Å². The van der Waals surface area contributed by atoms with Gasteiger partial charge in [0.2, 0.25) is 0 Å². The van der Waals surface area contributed by atoms with Crippen molar-refractivity contribution in [1.82, 2.24) is 0 Å². The number of carbonyl (C=O) groups is 1. The first-order chi connectivity index (χ1) is 7.34. The maximum Gasteiger partial charge on any atom is 0.142 e. The highest BCUT2D eigenvalue weighted by molar-refractivity contribution is 6.30. The molecule has 0 aromatic heterocycles. The molecular formula is C13H17ClO2. The molecule has 0 unspecified atom stereocenters. The zero-order valence-electron chi connectivity index (χ0n) is 10.1. The summed E-state index contributed by atoms with van der Waals surface area (Å²) in [7, 11) is 1.59. The lowest BCUT2D eigenvalue weighted by atomic mass is 9.87.